The van der Waals surface area contributed by atoms with Crippen molar-refractivity contribution in [2.75, 3.05) is 6.61 Å². The number of hydrogen-bond donors (Lipinski definition) is 0. The Hall–Kier alpha value is -1.68. The fraction of sp³-hybridized carbons (Fsp3) is 0.524. The Labute approximate surface area is 153 Å². The topological polar surface area (TPSA) is 43.4 Å². The quantitative estimate of drug-likeness (QED) is 0.395. The van der Waals surface area contributed by atoms with Crippen molar-refractivity contribution in [1.82, 2.24) is 0 Å². The number of esters is 1. The van der Waals surface area contributed by atoms with Crippen molar-refractivity contribution in [2.24, 2.45) is 10.8 Å². The molecular formula is C21H32O3Si. The zero-order chi connectivity index (χ0) is 19.3. The molecule has 25 heavy (non-hydrogen) atoms. The van der Waals surface area contributed by atoms with Crippen LogP contribution in [0.2, 0.25) is 13.1 Å². The number of hydrogen-bond acceptors (Lipinski definition) is 3. The van der Waals surface area contributed by atoms with Gasteiger partial charge in [0.15, 0.2) is 0 Å². The monoisotopic (exact) mass is 360 g/mol. The van der Waals surface area contributed by atoms with Gasteiger partial charge >= 0.3 is 5.97 Å². The molecule has 0 N–H and O–H groups in total. The van der Waals surface area contributed by atoms with Crippen molar-refractivity contribution >= 4 is 25.5 Å². The van der Waals surface area contributed by atoms with Crippen LogP contribution in [-0.4, -0.2) is 26.9 Å². The van der Waals surface area contributed by atoms with Gasteiger partial charge in [0.25, 0.3) is 0 Å². The van der Waals surface area contributed by atoms with E-state index < -0.39 is 13.5 Å². The minimum atomic E-state index is -2.02. The van der Waals surface area contributed by atoms with Crippen LogP contribution < -0.4 is 5.19 Å². The Morgan fingerprint density at radius 2 is 1.72 bits per heavy atom. The van der Waals surface area contributed by atoms with Crippen molar-refractivity contribution in [3.05, 3.63) is 42.1 Å². The molecule has 0 bridgehead atoms. The molecule has 0 fully saturated rings. The summed E-state index contributed by atoms with van der Waals surface area (Å²) in [5, 5.41) is 2.21. The summed E-state index contributed by atoms with van der Waals surface area (Å²) >= 11 is 0. The molecule has 0 aromatic heterocycles. The van der Waals surface area contributed by atoms with Gasteiger partial charge in [-0.1, -0.05) is 74.6 Å². The lowest BCUT2D eigenvalue weighted by Gasteiger charge is -2.36. The Morgan fingerprint density at radius 1 is 1.16 bits per heavy atom. The molecule has 1 unspecified atom stereocenters. The van der Waals surface area contributed by atoms with E-state index in [0.717, 1.165) is 11.5 Å². The first-order valence-electron chi connectivity index (χ1n) is 8.80. The summed E-state index contributed by atoms with van der Waals surface area (Å²) in [6.45, 7) is 16.8. The van der Waals surface area contributed by atoms with Crippen molar-refractivity contribution < 1.29 is 14.3 Å². The molecular weight excluding hydrogens is 328 g/mol. The van der Waals surface area contributed by atoms with Gasteiger partial charge in [0, 0.05) is 5.41 Å². The Balaban J connectivity index is 2.79. The fourth-order valence-corrected chi connectivity index (χ4v) is 5.87. The van der Waals surface area contributed by atoms with Crippen LogP contribution in [0.5, 0.6) is 0 Å². The van der Waals surface area contributed by atoms with Gasteiger partial charge in [-0.15, -0.1) is 6.58 Å². The third kappa shape index (κ3) is 5.96. The standard InChI is InChI=1S/C21H32O3Si/c1-17(25(6,7)18-11-9-8-10-12-18)21(5,16-22)13-14-24-19(23)15-20(2,3)4/h8-12,16H,1,13-15H2,2-7H3. The van der Waals surface area contributed by atoms with Gasteiger partial charge in [-0.25, -0.2) is 0 Å². The first-order valence-corrected chi connectivity index (χ1v) is 11.8. The highest BCUT2D eigenvalue weighted by molar-refractivity contribution is 6.96. The lowest BCUT2D eigenvalue weighted by atomic mass is 9.88. The van der Waals surface area contributed by atoms with E-state index in [9.17, 15) is 9.59 Å². The lowest BCUT2D eigenvalue weighted by Crippen LogP contribution is -2.49. The maximum atomic E-state index is 11.9. The molecule has 0 aliphatic heterocycles. The van der Waals surface area contributed by atoms with Crippen molar-refractivity contribution in [2.45, 2.75) is 53.6 Å². The van der Waals surface area contributed by atoms with Crippen LogP contribution in [0, 0.1) is 10.8 Å². The van der Waals surface area contributed by atoms with E-state index >= 15 is 0 Å². The molecule has 0 heterocycles. The maximum absolute atomic E-state index is 11.9. The summed E-state index contributed by atoms with van der Waals surface area (Å²) in [7, 11) is -2.02. The van der Waals surface area contributed by atoms with Crippen LogP contribution in [0.15, 0.2) is 42.1 Å². The molecule has 1 atom stereocenters. The van der Waals surface area contributed by atoms with Crippen LogP contribution in [0.3, 0.4) is 0 Å². The van der Waals surface area contributed by atoms with E-state index in [1.807, 2.05) is 45.9 Å². The van der Waals surface area contributed by atoms with Crippen LogP contribution in [-0.2, 0) is 14.3 Å². The van der Waals surface area contributed by atoms with Crippen LogP contribution >= 0.6 is 0 Å². The molecule has 0 amide bonds. The Morgan fingerprint density at radius 3 is 2.20 bits per heavy atom. The summed E-state index contributed by atoms with van der Waals surface area (Å²) in [4.78, 5) is 23.8. The van der Waals surface area contributed by atoms with Crippen LogP contribution in [0.25, 0.3) is 0 Å². The summed E-state index contributed by atoms with van der Waals surface area (Å²) in [6.07, 6.45) is 1.80. The highest BCUT2D eigenvalue weighted by Gasteiger charge is 2.39. The van der Waals surface area contributed by atoms with Crippen molar-refractivity contribution in [1.29, 1.82) is 0 Å². The molecule has 1 aromatic carbocycles. The molecule has 3 nitrogen and oxygen atoms in total. The largest absolute Gasteiger partial charge is 0.466 e. The van der Waals surface area contributed by atoms with E-state index in [0.29, 0.717) is 12.8 Å². The summed E-state index contributed by atoms with van der Waals surface area (Å²) in [5.41, 5.74) is -0.787. The molecule has 0 saturated carbocycles. The Kier molecular flexibility index (Phi) is 6.95. The number of benzene rings is 1. The summed E-state index contributed by atoms with van der Waals surface area (Å²) in [6, 6.07) is 10.2. The second kappa shape index (κ2) is 8.13. The highest BCUT2D eigenvalue weighted by Crippen LogP contribution is 2.34. The molecule has 0 aliphatic carbocycles. The number of carbonyl (C=O) groups excluding carboxylic acids is 2. The van der Waals surface area contributed by atoms with Crippen LogP contribution in [0.4, 0.5) is 0 Å². The van der Waals surface area contributed by atoms with Gasteiger partial charge < -0.3 is 9.53 Å². The highest BCUT2D eigenvalue weighted by atomic mass is 28.3. The first kappa shape index (κ1) is 21.4. The molecule has 0 aliphatic rings. The first-order chi connectivity index (χ1) is 11.4. The van der Waals surface area contributed by atoms with Crippen LogP contribution in [0.1, 0.15) is 40.5 Å². The van der Waals surface area contributed by atoms with Crippen molar-refractivity contribution in [3.8, 4) is 0 Å². The predicted octanol–water partition coefficient (Wildman–Crippen LogP) is 4.27. The van der Waals surface area contributed by atoms with Gasteiger partial charge in [-0.05, 0) is 18.8 Å². The van der Waals surface area contributed by atoms with Gasteiger partial charge in [-0.2, -0.15) is 0 Å². The maximum Gasteiger partial charge on any atom is 0.306 e. The molecule has 1 rings (SSSR count). The fourth-order valence-electron chi connectivity index (χ4n) is 2.88. The predicted molar refractivity (Wildman–Crippen MR) is 107 cm³/mol. The van der Waals surface area contributed by atoms with E-state index in [2.05, 4.69) is 31.8 Å². The average Bonchev–Trinajstić information content (AvgIpc) is 2.53. The summed E-state index contributed by atoms with van der Waals surface area (Å²) in [5.74, 6) is -0.217. The number of rotatable bonds is 8. The second-order valence-corrected chi connectivity index (χ2v) is 13.1. The van der Waals surface area contributed by atoms with Gasteiger partial charge in [-0.3, -0.25) is 4.79 Å². The molecule has 0 spiro atoms. The third-order valence-corrected chi connectivity index (χ3v) is 8.62. The molecule has 0 radical (unpaired) electrons. The van der Waals surface area contributed by atoms with E-state index in [-0.39, 0.29) is 18.0 Å². The number of carbonyl (C=O) groups is 2. The van der Waals surface area contributed by atoms with Gasteiger partial charge in [0.05, 0.1) is 13.0 Å². The third-order valence-electron chi connectivity index (χ3n) is 4.76. The second-order valence-electron chi connectivity index (χ2n) is 8.71. The number of ether oxygens (including phenoxy) is 1. The van der Waals surface area contributed by atoms with Crippen molar-refractivity contribution in [3.63, 3.8) is 0 Å². The normalized spacial score (nSPS) is 14.5. The lowest BCUT2D eigenvalue weighted by molar-refractivity contribution is -0.146. The number of allylic oxidation sites excluding steroid dienone is 1. The molecule has 138 valence electrons. The average molecular weight is 361 g/mol. The van der Waals surface area contributed by atoms with Gasteiger partial charge in [0.2, 0.25) is 0 Å². The van der Waals surface area contributed by atoms with E-state index in [1.165, 1.54) is 5.19 Å². The zero-order valence-electron chi connectivity index (χ0n) is 16.5. The molecule has 0 saturated heterocycles. The van der Waals surface area contributed by atoms with E-state index in [4.69, 9.17) is 4.74 Å². The smallest absolute Gasteiger partial charge is 0.306 e. The van der Waals surface area contributed by atoms with Gasteiger partial charge in [0.1, 0.15) is 14.4 Å². The zero-order valence-corrected chi connectivity index (χ0v) is 17.5. The minimum Gasteiger partial charge on any atom is -0.466 e. The Bertz CT molecular complexity index is 614. The molecule has 4 heteroatoms. The van der Waals surface area contributed by atoms with E-state index in [1.54, 1.807) is 0 Å². The SMILES string of the molecule is C=C(C(C)(C=O)CCOC(=O)CC(C)(C)C)[Si](C)(C)c1ccccc1. The minimum absolute atomic E-state index is 0.100. The molecule has 1 aromatic rings. The summed E-state index contributed by atoms with van der Waals surface area (Å²) < 4.78 is 5.36. The number of aldehydes is 1.